The van der Waals surface area contributed by atoms with E-state index in [-0.39, 0.29) is 11.2 Å². The Morgan fingerprint density at radius 2 is 1.77 bits per heavy atom. The van der Waals surface area contributed by atoms with Gasteiger partial charge in [0.1, 0.15) is 5.82 Å². The average molecular weight is 544 g/mol. The number of carboxylic acids is 1. The van der Waals surface area contributed by atoms with E-state index in [0.717, 1.165) is 58.4 Å². The smallest absolute Gasteiger partial charge is 0.336 e. The number of aromatic nitrogens is 2. The Morgan fingerprint density at radius 1 is 1.05 bits per heavy atom. The summed E-state index contributed by atoms with van der Waals surface area (Å²) in [6.07, 6.45) is 2.58. The van der Waals surface area contributed by atoms with E-state index in [1.54, 1.807) is 12.1 Å². The number of imidazole rings is 1. The van der Waals surface area contributed by atoms with Crippen molar-refractivity contribution in [2.24, 2.45) is 5.92 Å². The predicted octanol–water partition coefficient (Wildman–Crippen LogP) is 6.67. The fourth-order valence-electron chi connectivity index (χ4n) is 4.96. The third kappa shape index (κ3) is 6.71. The number of thiol groups is 1. The highest BCUT2D eigenvalue weighted by atomic mass is 32.1. The van der Waals surface area contributed by atoms with Crippen LogP contribution in [0.4, 0.5) is 0 Å². The summed E-state index contributed by atoms with van der Waals surface area (Å²) < 4.78 is 2.26. The van der Waals surface area contributed by atoms with Gasteiger partial charge in [0.05, 0.1) is 21.8 Å². The number of aryl methyl sites for hydroxylation is 2. The summed E-state index contributed by atoms with van der Waals surface area (Å²) in [4.78, 5) is 29.2. The highest BCUT2D eigenvalue weighted by molar-refractivity contribution is 7.81. The first-order chi connectivity index (χ1) is 18.7. The van der Waals surface area contributed by atoms with Gasteiger partial charge in [0.2, 0.25) is 5.91 Å². The highest BCUT2D eigenvalue weighted by Crippen LogP contribution is 2.27. The van der Waals surface area contributed by atoms with Crippen LogP contribution in [0, 0.1) is 12.8 Å². The lowest BCUT2D eigenvalue weighted by atomic mass is 9.98. The molecule has 3 aromatic carbocycles. The number of nitrogens with one attached hydrogen (secondary N) is 1. The van der Waals surface area contributed by atoms with Crippen LogP contribution in [0.5, 0.6) is 0 Å². The van der Waals surface area contributed by atoms with Gasteiger partial charge in [-0.2, -0.15) is 12.6 Å². The zero-order chi connectivity index (χ0) is 28.1. The van der Waals surface area contributed by atoms with Gasteiger partial charge in [-0.3, -0.25) is 4.79 Å². The van der Waals surface area contributed by atoms with Gasteiger partial charge in [0.15, 0.2) is 0 Å². The Hall–Kier alpha value is -3.58. The van der Waals surface area contributed by atoms with E-state index in [1.165, 1.54) is 0 Å². The van der Waals surface area contributed by atoms with Crippen LogP contribution in [0.3, 0.4) is 0 Å². The molecule has 1 aromatic heterocycles. The molecule has 2 N–H and O–H groups in total. The maximum absolute atomic E-state index is 12.5. The second kappa shape index (κ2) is 12.5. The van der Waals surface area contributed by atoms with Gasteiger partial charge in [-0.25, -0.2) is 9.78 Å². The predicted molar refractivity (Wildman–Crippen MR) is 160 cm³/mol. The topological polar surface area (TPSA) is 84.2 Å². The third-order valence-electron chi connectivity index (χ3n) is 6.88. The summed E-state index contributed by atoms with van der Waals surface area (Å²) in [5.41, 5.74) is 7.11. The van der Waals surface area contributed by atoms with Crippen molar-refractivity contribution in [1.82, 2.24) is 14.9 Å². The first-order valence-corrected chi connectivity index (χ1v) is 14.1. The molecule has 0 fully saturated rings. The number of carbonyl (C=O) groups excluding carboxylic acids is 1. The maximum atomic E-state index is 12.5. The van der Waals surface area contributed by atoms with E-state index < -0.39 is 5.97 Å². The third-order valence-corrected chi connectivity index (χ3v) is 7.33. The molecule has 4 rings (SSSR count). The summed E-state index contributed by atoms with van der Waals surface area (Å²) in [6, 6.07) is 19.3. The van der Waals surface area contributed by atoms with Crippen molar-refractivity contribution in [1.29, 1.82) is 0 Å². The van der Waals surface area contributed by atoms with E-state index in [2.05, 4.69) is 62.3 Å². The van der Waals surface area contributed by atoms with Crippen molar-refractivity contribution in [3.63, 3.8) is 0 Å². The van der Waals surface area contributed by atoms with Gasteiger partial charge < -0.3 is 15.0 Å². The molecule has 0 saturated heterocycles. The molecule has 0 aliphatic heterocycles. The van der Waals surface area contributed by atoms with E-state index in [9.17, 15) is 14.7 Å². The Labute approximate surface area is 235 Å². The number of fused-ring (bicyclic) bond motifs is 1. The van der Waals surface area contributed by atoms with Crippen LogP contribution in [0.2, 0.25) is 0 Å². The molecule has 1 heterocycles. The largest absolute Gasteiger partial charge is 0.478 e. The first-order valence-electron chi connectivity index (χ1n) is 13.5. The fraction of sp³-hybridized carbons (Fsp3) is 0.344. The SMILES string of the molecule is CCCc1nc2c(C)cc(CNC(=O)[C@@H](S)CC(C)C)cc2n1Cc1ccc(-c2ccccc2C(=O)O)cc1. The number of hydrogen-bond acceptors (Lipinski definition) is 4. The van der Waals surface area contributed by atoms with Crippen LogP contribution in [0.25, 0.3) is 22.2 Å². The van der Waals surface area contributed by atoms with Crippen molar-refractivity contribution in [3.05, 3.63) is 88.7 Å². The second-order valence-corrected chi connectivity index (χ2v) is 11.2. The minimum absolute atomic E-state index is 0.0467. The summed E-state index contributed by atoms with van der Waals surface area (Å²) in [5.74, 6) is 0.457. The van der Waals surface area contributed by atoms with E-state index in [4.69, 9.17) is 4.98 Å². The molecule has 0 bridgehead atoms. The molecule has 7 heteroatoms. The second-order valence-electron chi connectivity index (χ2n) is 10.6. The molecule has 1 amide bonds. The van der Waals surface area contributed by atoms with E-state index in [0.29, 0.717) is 30.1 Å². The van der Waals surface area contributed by atoms with E-state index in [1.807, 2.05) is 36.4 Å². The Bertz CT molecular complexity index is 1470. The Morgan fingerprint density at radius 3 is 2.44 bits per heavy atom. The van der Waals surface area contributed by atoms with Crippen molar-refractivity contribution in [2.75, 3.05) is 0 Å². The number of rotatable bonds is 11. The molecule has 204 valence electrons. The molecule has 0 aliphatic carbocycles. The Balaban J connectivity index is 1.62. The number of nitrogens with zero attached hydrogens (tertiary/aromatic N) is 2. The molecule has 39 heavy (non-hydrogen) atoms. The van der Waals surface area contributed by atoms with Crippen molar-refractivity contribution in [2.45, 2.75) is 65.3 Å². The van der Waals surface area contributed by atoms with Crippen molar-refractivity contribution in [3.8, 4) is 11.1 Å². The number of benzene rings is 3. The van der Waals surface area contributed by atoms with Crippen molar-refractivity contribution < 1.29 is 14.7 Å². The molecule has 0 saturated carbocycles. The number of carbonyl (C=O) groups is 2. The molecular weight excluding hydrogens is 506 g/mol. The molecule has 1 atom stereocenters. The summed E-state index contributed by atoms with van der Waals surface area (Å²) >= 11 is 4.48. The number of hydrogen-bond donors (Lipinski definition) is 3. The Kier molecular flexibility index (Phi) is 9.12. The van der Waals surface area contributed by atoms with Crippen LogP contribution in [0.15, 0.2) is 60.7 Å². The molecule has 6 nitrogen and oxygen atoms in total. The monoisotopic (exact) mass is 543 g/mol. The lowest BCUT2D eigenvalue weighted by Gasteiger charge is -2.14. The van der Waals surface area contributed by atoms with Gasteiger partial charge >= 0.3 is 5.97 Å². The number of aromatic carboxylic acids is 1. The van der Waals surface area contributed by atoms with Crippen LogP contribution in [-0.2, 0) is 24.3 Å². The standard InChI is InChI=1S/C32H37N3O3S/c1-5-8-29-34-30-21(4)16-23(18-33-31(36)28(39)15-20(2)3)17-27(30)35(29)19-22-11-13-24(14-12-22)25-9-6-7-10-26(25)32(37)38/h6-7,9-14,16-17,20,28,39H,5,8,15,18-19H2,1-4H3,(H,33,36)(H,37,38)/t28-/m0/s1. The van der Waals surface area contributed by atoms with Gasteiger partial charge in [0.25, 0.3) is 0 Å². The van der Waals surface area contributed by atoms with Crippen LogP contribution in [-0.4, -0.2) is 31.8 Å². The minimum Gasteiger partial charge on any atom is -0.478 e. The van der Waals surface area contributed by atoms with Gasteiger partial charge in [-0.1, -0.05) is 69.3 Å². The van der Waals surface area contributed by atoms with Crippen LogP contribution in [0.1, 0.15) is 66.5 Å². The quantitative estimate of drug-likeness (QED) is 0.185. The van der Waals surface area contributed by atoms with Crippen LogP contribution < -0.4 is 5.32 Å². The molecule has 0 spiro atoms. The summed E-state index contributed by atoms with van der Waals surface area (Å²) in [6.45, 7) is 9.48. The molecular formula is C32H37N3O3S. The highest BCUT2D eigenvalue weighted by Gasteiger charge is 2.17. The number of amides is 1. The zero-order valence-electron chi connectivity index (χ0n) is 23.1. The summed E-state index contributed by atoms with van der Waals surface area (Å²) in [5, 5.41) is 12.3. The summed E-state index contributed by atoms with van der Waals surface area (Å²) in [7, 11) is 0. The zero-order valence-corrected chi connectivity index (χ0v) is 24.0. The van der Waals surface area contributed by atoms with E-state index >= 15 is 0 Å². The number of carboxylic acid groups (broad SMARTS) is 1. The normalized spacial score (nSPS) is 12.2. The molecule has 0 aliphatic rings. The maximum Gasteiger partial charge on any atom is 0.336 e. The van der Waals surface area contributed by atoms with Crippen LogP contribution >= 0.6 is 12.6 Å². The lowest BCUT2D eigenvalue weighted by molar-refractivity contribution is -0.120. The lowest BCUT2D eigenvalue weighted by Crippen LogP contribution is -2.31. The molecule has 0 unspecified atom stereocenters. The average Bonchev–Trinajstić information content (AvgIpc) is 3.24. The molecule has 4 aromatic rings. The van der Waals surface area contributed by atoms with Gasteiger partial charge in [-0.15, -0.1) is 0 Å². The molecule has 0 radical (unpaired) electrons. The minimum atomic E-state index is -0.934. The van der Waals surface area contributed by atoms with Gasteiger partial charge in [-0.05, 0) is 65.6 Å². The first kappa shape index (κ1) is 28.4. The van der Waals surface area contributed by atoms with Gasteiger partial charge in [0, 0.05) is 19.5 Å². The fourth-order valence-corrected chi connectivity index (χ4v) is 5.47. The van der Waals surface area contributed by atoms with Crippen molar-refractivity contribution >= 4 is 35.5 Å².